The van der Waals surface area contributed by atoms with Crippen molar-refractivity contribution in [3.63, 3.8) is 0 Å². The van der Waals surface area contributed by atoms with Crippen molar-refractivity contribution in [1.82, 2.24) is 0 Å². The lowest BCUT2D eigenvalue weighted by atomic mass is 9.84. The molecule has 0 saturated heterocycles. The van der Waals surface area contributed by atoms with E-state index in [9.17, 15) is 4.79 Å². The third kappa shape index (κ3) is 2.00. The van der Waals surface area contributed by atoms with Crippen molar-refractivity contribution in [2.75, 3.05) is 7.11 Å². The second-order valence-electron chi connectivity index (χ2n) is 4.91. The average molecular weight is 198 g/mol. The molecule has 0 spiro atoms. The molecule has 0 aromatic carbocycles. The standard InChI is InChI=1S/C12H22O2/c1-9(2)8-11(13)12(14-4)7-5-6-10(12)3/h9-10H,5-8H2,1-4H3. The Morgan fingerprint density at radius 2 is 2.21 bits per heavy atom. The first-order chi connectivity index (χ1) is 6.53. The minimum absolute atomic E-state index is 0.306. The number of carbonyl (C=O) groups is 1. The fourth-order valence-electron chi connectivity index (χ4n) is 2.53. The number of hydrogen-bond acceptors (Lipinski definition) is 2. The molecule has 0 aromatic rings. The number of ether oxygens (including phenoxy) is 1. The maximum absolute atomic E-state index is 12.1. The van der Waals surface area contributed by atoms with Crippen LogP contribution in [0.15, 0.2) is 0 Å². The van der Waals surface area contributed by atoms with Crippen molar-refractivity contribution in [3.8, 4) is 0 Å². The highest BCUT2D eigenvalue weighted by Crippen LogP contribution is 2.40. The maximum atomic E-state index is 12.1. The van der Waals surface area contributed by atoms with E-state index in [1.807, 2.05) is 0 Å². The molecule has 0 aliphatic heterocycles. The van der Waals surface area contributed by atoms with Crippen LogP contribution in [0.1, 0.15) is 46.5 Å². The van der Waals surface area contributed by atoms with Crippen molar-refractivity contribution in [3.05, 3.63) is 0 Å². The fraction of sp³-hybridized carbons (Fsp3) is 0.917. The highest BCUT2D eigenvalue weighted by molar-refractivity contribution is 5.88. The molecule has 1 rings (SSSR count). The van der Waals surface area contributed by atoms with Crippen molar-refractivity contribution in [2.45, 2.75) is 52.1 Å². The van der Waals surface area contributed by atoms with Crippen LogP contribution < -0.4 is 0 Å². The van der Waals surface area contributed by atoms with Crippen molar-refractivity contribution in [2.24, 2.45) is 11.8 Å². The number of Topliss-reactive ketones (excluding diaryl/α,β-unsaturated/α-hetero) is 1. The van der Waals surface area contributed by atoms with Gasteiger partial charge in [-0.05, 0) is 31.1 Å². The first kappa shape index (κ1) is 11.7. The van der Waals surface area contributed by atoms with Crippen LogP contribution in [-0.2, 0) is 9.53 Å². The number of hydrogen-bond donors (Lipinski definition) is 0. The Hall–Kier alpha value is -0.370. The topological polar surface area (TPSA) is 26.3 Å². The molecular formula is C12H22O2. The summed E-state index contributed by atoms with van der Waals surface area (Å²) in [7, 11) is 1.68. The molecular weight excluding hydrogens is 176 g/mol. The van der Waals surface area contributed by atoms with Crippen LogP contribution in [-0.4, -0.2) is 18.5 Å². The molecule has 82 valence electrons. The highest BCUT2D eigenvalue weighted by atomic mass is 16.5. The molecule has 1 aliphatic rings. The normalized spacial score (nSPS) is 32.5. The molecule has 14 heavy (non-hydrogen) atoms. The van der Waals surface area contributed by atoms with E-state index in [4.69, 9.17) is 4.74 Å². The molecule has 1 saturated carbocycles. The molecule has 0 amide bonds. The minimum atomic E-state index is -0.454. The molecule has 0 N–H and O–H groups in total. The summed E-state index contributed by atoms with van der Waals surface area (Å²) in [6.07, 6.45) is 3.81. The first-order valence-electron chi connectivity index (χ1n) is 5.61. The van der Waals surface area contributed by atoms with Crippen molar-refractivity contribution >= 4 is 5.78 Å². The van der Waals surface area contributed by atoms with Gasteiger partial charge >= 0.3 is 0 Å². The molecule has 2 heteroatoms. The molecule has 0 aromatic heterocycles. The summed E-state index contributed by atoms with van der Waals surface area (Å²) in [6.45, 7) is 6.30. The van der Waals surface area contributed by atoms with Gasteiger partial charge in [-0.1, -0.05) is 20.8 Å². The van der Waals surface area contributed by atoms with Gasteiger partial charge in [0.1, 0.15) is 5.60 Å². The van der Waals surface area contributed by atoms with Gasteiger partial charge in [-0.15, -0.1) is 0 Å². The van der Waals surface area contributed by atoms with Crippen molar-refractivity contribution in [1.29, 1.82) is 0 Å². The molecule has 0 heterocycles. The number of carbonyl (C=O) groups excluding carboxylic acids is 1. The summed E-state index contributed by atoms with van der Waals surface area (Å²) < 4.78 is 5.52. The Morgan fingerprint density at radius 1 is 1.57 bits per heavy atom. The predicted molar refractivity (Wildman–Crippen MR) is 57.2 cm³/mol. The summed E-state index contributed by atoms with van der Waals surface area (Å²) in [5, 5.41) is 0. The van der Waals surface area contributed by atoms with Gasteiger partial charge in [-0.2, -0.15) is 0 Å². The summed E-state index contributed by atoms with van der Waals surface area (Å²) in [5.74, 6) is 1.13. The monoisotopic (exact) mass is 198 g/mol. The Bertz CT molecular complexity index is 210. The Morgan fingerprint density at radius 3 is 2.57 bits per heavy atom. The van der Waals surface area contributed by atoms with Gasteiger partial charge < -0.3 is 4.74 Å². The quantitative estimate of drug-likeness (QED) is 0.694. The molecule has 0 bridgehead atoms. The summed E-state index contributed by atoms with van der Waals surface area (Å²) in [4.78, 5) is 12.1. The largest absolute Gasteiger partial charge is 0.370 e. The molecule has 1 aliphatic carbocycles. The minimum Gasteiger partial charge on any atom is -0.370 e. The second-order valence-corrected chi connectivity index (χ2v) is 4.91. The van der Waals surface area contributed by atoms with Crippen LogP contribution in [0, 0.1) is 11.8 Å². The zero-order chi connectivity index (χ0) is 10.8. The van der Waals surface area contributed by atoms with Gasteiger partial charge in [0.05, 0.1) is 0 Å². The molecule has 2 unspecified atom stereocenters. The van der Waals surface area contributed by atoms with E-state index >= 15 is 0 Å². The Labute approximate surface area is 87.0 Å². The van der Waals surface area contributed by atoms with Crippen molar-refractivity contribution < 1.29 is 9.53 Å². The fourth-order valence-corrected chi connectivity index (χ4v) is 2.53. The molecule has 0 radical (unpaired) electrons. The molecule has 1 fully saturated rings. The zero-order valence-electron chi connectivity index (χ0n) is 9.80. The average Bonchev–Trinajstić information content (AvgIpc) is 2.46. The smallest absolute Gasteiger partial charge is 0.165 e. The van der Waals surface area contributed by atoms with E-state index in [0.29, 0.717) is 24.0 Å². The van der Waals surface area contributed by atoms with Gasteiger partial charge in [0.15, 0.2) is 5.78 Å². The zero-order valence-corrected chi connectivity index (χ0v) is 9.80. The first-order valence-corrected chi connectivity index (χ1v) is 5.61. The SMILES string of the molecule is COC1(C(=O)CC(C)C)CCCC1C. The van der Waals surface area contributed by atoms with E-state index in [-0.39, 0.29) is 0 Å². The highest BCUT2D eigenvalue weighted by Gasteiger charge is 2.46. The van der Waals surface area contributed by atoms with Gasteiger partial charge in [0.25, 0.3) is 0 Å². The third-order valence-electron chi connectivity index (χ3n) is 3.41. The van der Waals surface area contributed by atoms with Crippen LogP contribution in [0.3, 0.4) is 0 Å². The lowest BCUT2D eigenvalue weighted by Gasteiger charge is -2.31. The van der Waals surface area contributed by atoms with E-state index in [0.717, 1.165) is 19.3 Å². The van der Waals surface area contributed by atoms with E-state index in [2.05, 4.69) is 20.8 Å². The predicted octanol–water partition coefficient (Wildman–Crippen LogP) is 2.81. The Balaban J connectivity index is 2.74. The maximum Gasteiger partial charge on any atom is 0.165 e. The van der Waals surface area contributed by atoms with Gasteiger partial charge in [-0.3, -0.25) is 4.79 Å². The summed E-state index contributed by atoms with van der Waals surface area (Å²) in [6, 6.07) is 0. The van der Waals surface area contributed by atoms with Crippen LogP contribution in [0.4, 0.5) is 0 Å². The van der Waals surface area contributed by atoms with Crippen LogP contribution in [0.2, 0.25) is 0 Å². The molecule has 2 nitrogen and oxygen atoms in total. The Kier molecular flexibility index (Phi) is 3.71. The van der Waals surface area contributed by atoms with E-state index in [1.165, 1.54) is 0 Å². The summed E-state index contributed by atoms with van der Waals surface area (Å²) in [5.41, 5.74) is -0.454. The number of ketones is 1. The number of rotatable bonds is 4. The summed E-state index contributed by atoms with van der Waals surface area (Å²) >= 11 is 0. The van der Waals surface area contributed by atoms with Crippen LogP contribution in [0.5, 0.6) is 0 Å². The van der Waals surface area contributed by atoms with E-state index in [1.54, 1.807) is 7.11 Å². The van der Waals surface area contributed by atoms with Gasteiger partial charge in [0.2, 0.25) is 0 Å². The van der Waals surface area contributed by atoms with Gasteiger partial charge in [0, 0.05) is 13.5 Å². The van der Waals surface area contributed by atoms with Crippen LogP contribution in [0.25, 0.3) is 0 Å². The lowest BCUT2D eigenvalue weighted by Crippen LogP contribution is -2.43. The number of methoxy groups -OCH3 is 1. The van der Waals surface area contributed by atoms with E-state index < -0.39 is 5.60 Å². The second kappa shape index (κ2) is 4.43. The van der Waals surface area contributed by atoms with Crippen LogP contribution >= 0.6 is 0 Å². The third-order valence-corrected chi connectivity index (χ3v) is 3.41. The lowest BCUT2D eigenvalue weighted by molar-refractivity contribution is -0.145. The molecule has 2 atom stereocenters. The van der Waals surface area contributed by atoms with Gasteiger partial charge in [-0.25, -0.2) is 0 Å².